The number of rotatable bonds is 4. The molecule has 0 amide bonds. The Hall–Kier alpha value is -1.06. The first-order valence-corrected chi connectivity index (χ1v) is 4.81. The standard InChI is InChI=1S/C11H18N2O/c1-9-4-3-5-10(8-12)11(9)13(2)6-7-14/h3-5,14H,6-8,12H2,1-2H3. The van der Waals surface area contributed by atoms with Gasteiger partial charge in [0.05, 0.1) is 6.61 Å². The van der Waals surface area contributed by atoms with Gasteiger partial charge < -0.3 is 15.7 Å². The maximum atomic E-state index is 8.88. The largest absolute Gasteiger partial charge is 0.395 e. The van der Waals surface area contributed by atoms with Crippen molar-refractivity contribution in [2.24, 2.45) is 5.73 Å². The molecule has 0 spiro atoms. The molecule has 3 N–H and O–H groups in total. The average molecular weight is 194 g/mol. The topological polar surface area (TPSA) is 49.5 Å². The molecule has 0 atom stereocenters. The van der Waals surface area contributed by atoms with Crippen LogP contribution in [0.15, 0.2) is 18.2 Å². The van der Waals surface area contributed by atoms with Gasteiger partial charge in [-0.2, -0.15) is 0 Å². The summed E-state index contributed by atoms with van der Waals surface area (Å²) in [4.78, 5) is 2.04. The van der Waals surface area contributed by atoms with Crippen LogP contribution in [-0.2, 0) is 6.54 Å². The fourth-order valence-corrected chi connectivity index (χ4v) is 1.69. The molecule has 0 aliphatic carbocycles. The molecule has 0 bridgehead atoms. The van der Waals surface area contributed by atoms with Crippen LogP contribution in [0.2, 0.25) is 0 Å². The van der Waals surface area contributed by atoms with E-state index in [-0.39, 0.29) is 6.61 Å². The Kier molecular flexibility index (Phi) is 3.92. The summed E-state index contributed by atoms with van der Waals surface area (Å²) < 4.78 is 0. The number of hydrogen-bond acceptors (Lipinski definition) is 3. The minimum absolute atomic E-state index is 0.162. The highest BCUT2D eigenvalue weighted by Gasteiger charge is 2.08. The van der Waals surface area contributed by atoms with E-state index in [0.717, 1.165) is 11.3 Å². The van der Waals surface area contributed by atoms with E-state index >= 15 is 0 Å². The van der Waals surface area contributed by atoms with Crippen LogP contribution in [-0.4, -0.2) is 25.3 Å². The van der Waals surface area contributed by atoms with Gasteiger partial charge in [-0.1, -0.05) is 18.2 Å². The number of hydrogen-bond donors (Lipinski definition) is 2. The lowest BCUT2D eigenvalue weighted by molar-refractivity contribution is 0.304. The van der Waals surface area contributed by atoms with Crippen molar-refractivity contribution in [3.05, 3.63) is 29.3 Å². The smallest absolute Gasteiger partial charge is 0.0606 e. The Labute approximate surface area is 85.2 Å². The summed E-state index contributed by atoms with van der Waals surface area (Å²) in [5, 5.41) is 8.88. The Morgan fingerprint density at radius 1 is 1.43 bits per heavy atom. The lowest BCUT2D eigenvalue weighted by atomic mass is 10.1. The van der Waals surface area contributed by atoms with Gasteiger partial charge in [0, 0.05) is 25.8 Å². The van der Waals surface area contributed by atoms with E-state index in [1.54, 1.807) is 0 Å². The highest BCUT2D eigenvalue weighted by Crippen LogP contribution is 2.23. The Morgan fingerprint density at radius 2 is 2.14 bits per heavy atom. The fourth-order valence-electron chi connectivity index (χ4n) is 1.69. The van der Waals surface area contributed by atoms with Crippen LogP contribution in [0, 0.1) is 6.92 Å². The molecule has 0 aliphatic heterocycles. The second kappa shape index (κ2) is 4.98. The molecule has 1 aromatic rings. The van der Waals surface area contributed by atoms with E-state index in [2.05, 4.69) is 13.0 Å². The molecule has 3 nitrogen and oxygen atoms in total. The van der Waals surface area contributed by atoms with Gasteiger partial charge in [-0.25, -0.2) is 0 Å². The van der Waals surface area contributed by atoms with Crippen LogP contribution in [0.4, 0.5) is 5.69 Å². The summed E-state index contributed by atoms with van der Waals surface area (Å²) in [6.07, 6.45) is 0. The molecule has 14 heavy (non-hydrogen) atoms. The van der Waals surface area contributed by atoms with Crippen molar-refractivity contribution in [3.8, 4) is 0 Å². The summed E-state index contributed by atoms with van der Waals surface area (Å²) in [6, 6.07) is 6.09. The predicted octanol–water partition coefficient (Wildman–Crippen LogP) is 0.882. The number of aliphatic hydroxyl groups excluding tert-OH is 1. The zero-order chi connectivity index (χ0) is 10.6. The van der Waals surface area contributed by atoms with E-state index in [1.165, 1.54) is 5.56 Å². The molecule has 0 radical (unpaired) electrons. The first-order chi connectivity index (χ1) is 6.70. The van der Waals surface area contributed by atoms with E-state index in [0.29, 0.717) is 13.1 Å². The SMILES string of the molecule is Cc1cccc(CN)c1N(C)CCO. The monoisotopic (exact) mass is 194 g/mol. The zero-order valence-electron chi connectivity index (χ0n) is 8.83. The van der Waals surface area contributed by atoms with Crippen molar-refractivity contribution >= 4 is 5.69 Å². The third-order valence-corrected chi connectivity index (χ3v) is 2.36. The second-order valence-corrected chi connectivity index (χ2v) is 3.43. The highest BCUT2D eigenvalue weighted by atomic mass is 16.3. The number of benzene rings is 1. The van der Waals surface area contributed by atoms with Crippen LogP contribution >= 0.6 is 0 Å². The van der Waals surface area contributed by atoms with Gasteiger partial charge >= 0.3 is 0 Å². The summed E-state index contributed by atoms with van der Waals surface area (Å²) in [7, 11) is 1.97. The van der Waals surface area contributed by atoms with Crippen molar-refractivity contribution in [3.63, 3.8) is 0 Å². The van der Waals surface area contributed by atoms with Gasteiger partial charge in [-0.15, -0.1) is 0 Å². The van der Waals surface area contributed by atoms with Crippen LogP contribution in [0.5, 0.6) is 0 Å². The lowest BCUT2D eigenvalue weighted by Crippen LogP contribution is -2.23. The minimum atomic E-state index is 0.162. The summed E-state index contributed by atoms with van der Waals surface area (Å²) in [5.74, 6) is 0. The zero-order valence-corrected chi connectivity index (χ0v) is 8.83. The molecule has 0 unspecified atom stereocenters. The van der Waals surface area contributed by atoms with Gasteiger partial charge in [0.2, 0.25) is 0 Å². The van der Waals surface area contributed by atoms with Crippen molar-refractivity contribution < 1.29 is 5.11 Å². The number of aliphatic hydroxyl groups is 1. The minimum Gasteiger partial charge on any atom is -0.395 e. The van der Waals surface area contributed by atoms with Crippen LogP contribution in [0.3, 0.4) is 0 Å². The maximum Gasteiger partial charge on any atom is 0.0606 e. The molecule has 0 aliphatic rings. The molecule has 78 valence electrons. The Balaban J connectivity index is 3.03. The van der Waals surface area contributed by atoms with Crippen molar-refractivity contribution in [2.45, 2.75) is 13.5 Å². The molecule has 3 heteroatoms. The van der Waals surface area contributed by atoms with Gasteiger partial charge in [0.15, 0.2) is 0 Å². The van der Waals surface area contributed by atoms with Crippen LogP contribution in [0.1, 0.15) is 11.1 Å². The molecule has 1 aromatic carbocycles. The normalized spacial score (nSPS) is 10.3. The summed E-state index contributed by atoms with van der Waals surface area (Å²) in [6.45, 7) is 3.39. The van der Waals surface area contributed by atoms with Crippen molar-refractivity contribution in [1.82, 2.24) is 0 Å². The van der Waals surface area contributed by atoms with Gasteiger partial charge in [-0.05, 0) is 18.1 Å². The number of nitrogens with two attached hydrogens (primary N) is 1. The van der Waals surface area contributed by atoms with E-state index in [4.69, 9.17) is 10.8 Å². The van der Waals surface area contributed by atoms with Crippen LogP contribution < -0.4 is 10.6 Å². The number of likely N-dealkylation sites (N-methyl/N-ethyl adjacent to an activating group) is 1. The third kappa shape index (κ3) is 2.25. The quantitative estimate of drug-likeness (QED) is 0.748. The molecule has 0 saturated heterocycles. The fraction of sp³-hybridized carbons (Fsp3) is 0.455. The molecule has 1 rings (SSSR count). The Morgan fingerprint density at radius 3 is 2.71 bits per heavy atom. The summed E-state index contributed by atoms with van der Waals surface area (Å²) >= 11 is 0. The molecular formula is C11H18N2O. The van der Waals surface area contributed by atoms with E-state index < -0.39 is 0 Å². The second-order valence-electron chi connectivity index (χ2n) is 3.43. The Bertz CT molecular complexity index is 299. The molecule has 0 aromatic heterocycles. The number of para-hydroxylation sites is 1. The predicted molar refractivity (Wildman–Crippen MR) is 59.4 cm³/mol. The number of aryl methyl sites for hydroxylation is 1. The highest BCUT2D eigenvalue weighted by molar-refractivity contribution is 5.58. The van der Waals surface area contributed by atoms with E-state index in [9.17, 15) is 0 Å². The van der Waals surface area contributed by atoms with Gasteiger partial charge in [0.25, 0.3) is 0 Å². The number of anilines is 1. The van der Waals surface area contributed by atoms with E-state index in [1.807, 2.05) is 24.1 Å². The summed E-state index contributed by atoms with van der Waals surface area (Å²) in [5.41, 5.74) is 9.13. The molecular weight excluding hydrogens is 176 g/mol. The first kappa shape index (κ1) is 11.0. The van der Waals surface area contributed by atoms with Crippen LogP contribution in [0.25, 0.3) is 0 Å². The van der Waals surface area contributed by atoms with Crippen molar-refractivity contribution in [1.29, 1.82) is 0 Å². The van der Waals surface area contributed by atoms with Gasteiger partial charge in [0.1, 0.15) is 0 Å². The molecule has 0 heterocycles. The third-order valence-electron chi connectivity index (χ3n) is 2.36. The average Bonchev–Trinajstić information content (AvgIpc) is 2.17. The lowest BCUT2D eigenvalue weighted by Gasteiger charge is -2.23. The van der Waals surface area contributed by atoms with Gasteiger partial charge in [-0.3, -0.25) is 0 Å². The molecule has 0 fully saturated rings. The maximum absolute atomic E-state index is 8.88. The molecule has 0 saturated carbocycles. The van der Waals surface area contributed by atoms with Crippen molar-refractivity contribution in [2.75, 3.05) is 25.1 Å². The number of nitrogens with zero attached hydrogens (tertiary/aromatic N) is 1. The first-order valence-electron chi connectivity index (χ1n) is 4.81.